The summed E-state index contributed by atoms with van der Waals surface area (Å²) in [5.41, 5.74) is 6.67. The molecule has 5 fully saturated rings. The number of ether oxygens (including phenoxy) is 1. The first-order chi connectivity index (χ1) is 9.24. The molecule has 4 saturated carbocycles. The first kappa shape index (κ1) is 12.6. The topological polar surface area (TPSA) is 38.5 Å². The molecule has 108 valence electrons. The lowest BCUT2D eigenvalue weighted by Gasteiger charge is -2.64. The normalized spacial score (nSPS) is 52.3. The maximum atomic E-state index is 6.37. The van der Waals surface area contributed by atoms with Gasteiger partial charge in [-0.15, -0.1) is 0 Å². The number of nitrogens with two attached hydrogens (primary N) is 1. The van der Waals surface area contributed by atoms with Gasteiger partial charge < -0.3 is 10.5 Å². The molecule has 1 atom stereocenters. The molecule has 0 aromatic heterocycles. The van der Waals surface area contributed by atoms with Gasteiger partial charge in [0.25, 0.3) is 0 Å². The van der Waals surface area contributed by atoms with Crippen molar-refractivity contribution in [2.45, 2.75) is 50.1 Å². The lowest BCUT2D eigenvalue weighted by molar-refractivity contribution is -0.135. The standard InChI is InChI=1S/C16H28N2O/c1-18(15-2-3-19-9-15)16(10-17)13-5-11-4-12(7-13)8-14(16)6-11/h11-15H,2-10,17H2,1H3. The van der Waals surface area contributed by atoms with E-state index in [0.29, 0.717) is 11.6 Å². The average Bonchev–Trinajstić information content (AvgIpc) is 2.92. The zero-order valence-corrected chi connectivity index (χ0v) is 12.2. The third kappa shape index (κ3) is 1.68. The van der Waals surface area contributed by atoms with E-state index in [2.05, 4.69) is 11.9 Å². The van der Waals surface area contributed by atoms with Gasteiger partial charge in [0.15, 0.2) is 0 Å². The minimum Gasteiger partial charge on any atom is -0.380 e. The molecule has 19 heavy (non-hydrogen) atoms. The number of likely N-dealkylation sites (N-methyl/N-ethyl adjacent to an activating group) is 1. The van der Waals surface area contributed by atoms with Gasteiger partial charge in [-0.25, -0.2) is 0 Å². The fraction of sp³-hybridized carbons (Fsp3) is 1.00. The predicted molar refractivity (Wildman–Crippen MR) is 75.8 cm³/mol. The smallest absolute Gasteiger partial charge is 0.0622 e. The van der Waals surface area contributed by atoms with Crippen molar-refractivity contribution in [2.24, 2.45) is 29.4 Å². The second-order valence-electron chi connectivity index (χ2n) is 7.63. The SMILES string of the molecule is CN(C1CCOC1)C1(CN)C2CC3CC(C2)CC1C3. The van der Waals surface area contributed by atoms with Gasteiger partial charge in [0.2, 0.25) is 0 Å². The third-order valence-electron chi connectivity index (χ3n) is 6.99. The fourth-order valence-electron chi connectivity index (χ4n) is 6.22. The highest BCUT2D eigenvalue weighted by Gasteiger charge is 2.59. The van der Waals surface area contributed by atoms with E-state index >= 15 is 0 Å². The first-order valence-electron chi connectivity index (χ1n) is 8.24. The van der Waals surface area contributed by atoms with Crippen molar-refractivity contribution in [3.63, 3.8) is 0 Å². The van der Waals surface area contributed by atoms with Crippen LogP contribution in [0.2, 0.25) is 0 Å². The number of hydrogen-bond acceptors (Lipinski definition) is 3. The van der Waals surface area contributed by atoms with Crippen LogP contribution in [0.15, 0.2) is 0 Å². The van der Waals surface area contributed by atoms with Crippen LogP contribution in [0.5, 0.6) is 0 Å². The van der Waals surface area contributed by atoms with Crippen molar-refractivity contribution in [1.29, 1.82) is 0 Å². The van der Waals surface area contributed by atoms with Crippen molar-refractivity contribution in [3.05, 3.63) is 0 Å². The largest absolute Gasteiger partial charge is 0.380 e. The highest BCUT2D eigenvalue weighted by Crippen LogP contribution is 2.60. The molecule has 4 bridgehead atoms. The summed E-state index contributed by atoms with van der Waals surface area (Å²) in [5, 5.41) is 0. The Bertz CT molecular complexity index is 323. The lowest BCUT2D eigenvalue weighted by atomic mass is 9.48. The molecular weight excluding hydrogens is 236 g/mol. The van der Waals surface area contributed by atoms with Gasteiger partial charge in [-0.3, -0.25) is 4.90 Å². The van der Waals surface area contributed by atoms with E-state index in [1.165, 1.54) is 38.5 Å². The van der Waals surface area contributed by atoms with Crippen molar-refractivity contribution in [2.75, 3.05) is 26.8 Å². The summed E-state index contributed by atoms with van der Waals surface area (Å²) in [4.78, 5) is 2.67. The van der Waals surface area contributed by atoms with Gasteiger partial charge in [0.05, 0.1) is 6.61 Å². The van der Waals surface area contributed by atoms with Crippen molar-refractivity contribution in [1.82, 2.24) is 4.90 Å². The maximum Gasteiger partial charge on any atom is 0.0622 e. The maximum absolute atomic E-state index is 6.37. The number of hydrogen-bond donors (Lipinski definition) is 1. The van der Waals surface area contributed by atoms with Crippen LogP contribution in [0, 0.1) is 23.7 Å². The third-order valence-corrected chi connectivity index (χ3v) is 6.99. The van der Waals surface area contributed by atoms with Crippen LogP contribution in [0.3, 0.4) is 0 Å². The van der Waals surface area contributed by atoms with E-state index < -0.39 is 0 Å². The Hall–Kier alpha value is -0.120. The minimum atomic E-state index is 0.297. The van der Waals surface area contributed by atoms with Crippen LogP contribution in [-0.2, 0) is 4.74 Å². The van der Waals surface area contributed by atoms with Crippen LogP contribution in [0.25, 0.3) is 0 Å². The van der Waals surface area contributed by atoms with Crippen molar-refractivity contribution in [3.8, 4) is 0 Å². The van der Waals surface area contributed by atoms with E-state index in [1.54, 1.807) is 0 Å². The van der Waals surface area contributed by atoms with Crippen molar-refractivity contribution < 1.29 is 4.74 Å². The Morgan fingerprint density at radius 3 is 2.21 bits per heavy atom. The Morgan fingerprint density at radius 2 is 1.74 bits per heavy atom. The molecule has 3 heteroatoms. The molecule has 4 aliphatic carbocycles. The Labute approximate surface area is 116 Å². The van der Waals surface area contributed by atoms with Crippen LogP contribution in [0.4, 0.5) is 0 Å². The first-order valence-corrected chi connectivity index (χ1v) is 8.24. The molecule has 0 radical (unpaired) electrons. The van der Waals surface area contributed by atoms with Gasteiger partial charge in [-0.2, -0.15) is 0 Å². The molecule has 0 amide bonds. The lowest BCUT2D eigenvalue weighted by Crippen LogP contribution is -2.70. The zero-order valence-electron chi connectivity index (χ0n) is 12.2. The average molecular weight is 264 g/mol. The van der Waals surface area contributed by atoms with E-state index in [1.807, 2.05) is 0 Å². The molecule has 5 rings (SSSR count). The van der Waals surface area contributed by atoms with Gasteiger partial charge in [0, 0.05) is 24.7 Å². The minimum absolute atomic E-state index is 0.297. The summed E-state index contributed by atoms with van der Waals surface area (Å²) in [6.07, 6.45) is 8.50. The summed E-state index contributed by atoms with van der Waals surface area (Å²) in [6, 6.07) is 0.612. The molecule has 0 spiro atoms. The van der Waals surface area contributed by atoms with E-state index in [9.17, 15) is 0 Å². The Kier molecular flexibility index (Phi) is 2.95. The zero-order chi connectivity index (χ0) is 13.0. The molecular formula is C16H28N2O. The van der Waals surface area contributed by atoms with Gasteiger partial charge in [0.1, 0.15) is 0 Å². The quantitative estimate of drug-likeness (QED) is 0.845. The Balaban J connectivity index is 1.65. The molecule has 1 aliphatic heterocycles. The molecule has 3 nitrogen and oxygen atoms in total. The van der Waals surface area contributed by atoms with Crippen LogP contribution >= 0.6 is 0 Å². The summed E-state index contributed by atoms with van der Waals surface area (Å²) in [5.74, 6) is 3.77. The number of rotatable bonds is 3. The van der Waals surface area contributed by atoms with Crippen molar-refractivity contribution >= 4 is 0 Å². The van der Waals surface area contributed by atoms with E-state index in [-0.39, 0.29) is 0 Å². The highest BCUT2D eigenvalue weighted by molar-refractivity contribution is 5.13. The van der Waals surface area contributed by atoms with E-state index in [4.69, 9.17) is 10.5 Å². The Morgan fingerprint density at radius 1 is 1.11 bits per heavy atom. The highest BCUT2D eigenvalue weighted by atomic mass is 16.5. The van der Waals surface area contributed by atoms with Gasteiger partial charge >= 0.3 is 0 Å². The van der Waals surface area contributed by atoms with Crippen LogP contribution in [0.1, 0.15) is 38.5 Å². The van der Waals surface area contributed by atoms with Crippen LogP contribution < -0.4 is 5.73 Å². The van der Waals surface area contributed by atoms with Gasteiger partial charge in [-0.1, -0.05) is 0 Å². The summed E-state index contributed by atoms with van der Waals surface area (Å²) in [6.45, 7) is 2.72. The molecule has 1 unspecified atom stereocenters. The fourth-order valence-corrected chi connectivity index (χ4v) is 6.22. The van der Waals surface area contributed by atoms with Gasteiger partial charge in [-0.05, 0) is 69.2 Å². The summed E-state index contributed by atoms with van der Waals surface area (Å²) >= 11 is 0. The summed E-state index contributed by atoms with van der Waals surface area (Å²) < 4.78 is 5.63. The molecule has 1 saturated heterocycles. The second kappa shape index (κ2) is 4.44. The molecule has 2 N–H and O–H groups in total. The summed E-state index contributed by atoms with van der Waals surface area (Å²) in [7, 11) is 2.34. The van der Waals surface area contributed by atoms with Crippen LogP contribution in [-0.4, -0.2) is 43.3 Å². The predicted octanol–water partition coefficient (Wildman–Crippen LogP) is 1.86. The molecule has 0 aromatic carbocycles. The molecule has 0 aromatic rings. The number of nitrogens with zero attached hydrogens (tertiary/aromatic N) is 1. The molecule has 1 heterocycles. The van der Waals surface area contributed by atoms with E-state index in [0.717, 1.165) is 43.4 Å². The second-order valence-corrected chi connectivity index (χ2v) is 7.63. The monoisotopic (exact) mass is 264 g/mol. The molecule has 5 aliphatic rings.